The number of hydrogen-bond acceptors (Lipinski definition) is 6. The molecule has 156 valence electrons. The fourth-order valence-corrected chi connectivity index (χ4v) is 4.55. The number of aromatic amines is 1. The summed E-state index contributed by atoms with van der Waals surface area (Å²) in [7, 11) is 1.68. The number of thiophene rings is 1. The zero-order valence-electron chi connectivity index (χ0n) is 17.0. The van der Waals surface area contributed by atoms with Crippen molar-refractivity contribution < 1.29 is 9.15 Å². The van der Waals surface area contributed by atoms with Gasteiger partial charge in [-0.3, -0.25) is 9.69 Å². The lowest BCUT2D eigenvalue weighted by Gasteiger charge is -2.22. The van der Waals surface area contributed by atoms with Gasteiger partial charge in [0.2, 0.25) is 5.58 Å². The number of nitrogens with one attached hydrogen (secondary N) is 1. The Morgan fingerprint density at radius 3 is 2.71 bits per heavy atom. The zero-order valence-corrected chi connectivity index (χ0v) is 17.8. The van der Waals surface area contributed by atoms with Crippen LogP contribution in [-0.2, 0) is 19.6 Å². The van der Waals surface area contributed by atoms with E-state index in [1.54, 1.807) is 18.4 Å². The SMILES string of the molecule is COc1ccccc1CN(Cc1nc2c(oc3ccccc32)c(=O)[nH]1)Cc1cccs1. The first kappa shape index (κ1) is 19.5. The van der Waals surface area contributed by atoms with Gasteiger partial charge in [0.25, 0.3) is 5.56 Å². The van der Waals surface area contributed by atoms with Crippen LogP contribution in [0, 0.1) is 0 Å². The number of aromatic nitrogens is 2. The smallest absolute Gasteiger partial charge is 0.294 e. The van der Waals surface area contributed by atoms with E-state index >= 15 is 0 Å². The molecule has 2 aromatic carbocycles. The number of nitrogens with zero attached hydrogens (tertiary/aromatic N) is 2. The number of methoxy groups -OCH3 is 1. The van der Waals surface area contributed by atoms with E-state index in [1.807, 2.05) is 48.5 Å². The number of rotatable bonds is 7. The van der Waals surface area contributed by atoms with E-state index in [9.17, 15) is 4.79 Å². The summed E-state index contributed by atoms with van der Waals surface area (Å²) >= 11 is 1.71. The van der Waals surface area contributed by atoms with Crippen LogP contribution < -0.4 is 10.3 Å². The van der Waals surface area contributed by atoms with Crippen LogP contribution in [0.5, 0.6) is 5.75 Å². The van der Waals surface area contributed by atoms with Gasteiger partial charge in [0.05, 0.1) is 13.7 Å². The summed E-state index contributed by atoms with van der Waals surface area (Å²) in [6, 6.07) is 19.7. The van der Waals surface area contributed by atoms with Crippen LogP contribution in [0.3, 0.4) is 0 Å². The molecule has 0 bridgehead atoms. The lowest BCUT2D eigenvalue weighted by atomic mass is 10.2. The maximum Gasteiger partial charge on any atom is 0.294 e. The number of hydrogen-bond donors (Lipinski definition) is 1. The lowest BCUT2D eigenvalue weighted by Crippen LogP contribution is -2.25. The van der Waals surface area contributed by atoms with E-state index in [1.165, 1.54) is 4.88 Å². The van der Waals surface area contributed by atoms with Crippen molar-refractivity contribution in [3.05, 3.63) is 92.7 Å². The Kier molecular flexibility index (Phi) is 5.28. The average molecular weight is 432 g/mol. The summed E-state index contributed by atoms with van der Waals surface area (Å²) in [5.74, 6) is 1.45. The van der Waals surface area contributed by atoms with Gasteiger partial charge in [-0.2, -0.15) is 0 Å². The Labute approximate surface area is 182 Å². The van der Waals surface area contributed by atoms with Crippen molar-refractivity contribution in [3.8, 4) is 5.75 Å². The van der Waals surface area contributed by atoms with Crippen LogP contribution >= 0.6 is 11.3 Å². The molecular weight excluding hydrogens is 410 g/mol. The van der Waals surface area contributed by atoms with Crippen molar-refractivity contribution >= 4 is 33.4 Å². The molecule has 0 fully saturated rings. The summed E-state index contributed by atoms with van der Waals surface area (Å²) in [5, 5.41) is 2.92. The monoisotopic (exact) mass is 431 g/mol. The lowest BCUT2D eigenvalue weighted by molar-refractivity contribution is 0.239. The molecule has 0 radical (unpaired) electrons. The van der Waals surface area contributed by atoms with Crippen molar-refractivity contribution in [1.82, 2.24) is 14.9 Å². The molecule has 6 nitrogen and oxygen atoms in total. The molecule has 0 aliphatic heterocycles. The minimum absolute atomic E-state index is 0.260. The first-order valence-corrected chi connectivity index (χ1v) is 10.9. The van der Waals surface area contributed by atoms with Crippen molar-refractivity contribution in [1.29, 1.82) is 0 Å². The molecule has 1 N–H and O–H groups in total. The summed E-state index contributed by atoms with van der Waals surface area (Å²) in [6.45, 7) is 1.89. The first-order valence-electron chi connectivity index (χ1n) is 9.98. The predicted molar refractivity (Wildman–Crippen MR) is 122 cm³/mol. The fourth-order valence-electron chi connectivity index (χ4n) is 3.80. The normalized spacial score (nSPS) is 11.5. The Morgan fingerprint density at radius 1 is 1.03 bits per heavy atom. The van der Waals surface area contributed by atoms with E-state index in [4.69, 9.17) is 14.1 Å². The largest absolute Gasteiger partial charge is 0.496 e. The standard InChI is InChI=1S/C24H21N3O3S/c1-29-19-10-4-2-7-16(19)13-27(14-17-8-6-12-31-17)15-21-25-22-18-9-3-5-11-20(18)30-23(22)24(28)26-21/h2-12H,13-15H2,1H3,(H,25,26,28). The van der Waals surface area contributed by atoms with Crippen molar-refractivity contribution in [2.75, 3.05) is 7.11 Å². The highest BCUT2D eigenvalue weighted by Crippen LogP contribution is 2.26. The molecule has 5 rings (SSSR count). The minimum Gasteiger partial charge on any atom is -0.496 e. The molecule has 5 aromatic rings. The Bertz CT molecular complexity index is 1390. The third-order valence-corrected chi connectivity index (χ3v) is 6.06. The number of H-pyrrole nitrogens is 1. The summed E-state index contributed by atoms with van der Waals surface area (Å²) < 4.78 is 11.3. The molecular formula is C24H21N3O3S. The highest BCUT2D eigenvalue weighted by atomic mass is 32.1. The molecule has 0 unspecified atom stereocenters. The van der Waals surface area contributed by atoms with E-state index in [0.717, 1.165) is 23.2 Å². The number of fused-ring (bicyclic) bond motifs is 3. The van der Waals surface area contributed by atoms with Crippen LogP contribution in [0.25, 0.3) is 22.1 Å². The van der Waals surface area contributed by atoms with Gasteiger partial charge < -0.3 is 14.1 Å². The van der Waals surface area contributed by atoms with E-state index in [2.05, 4.69) is 27.4 Å². The molecule has 3 heterocycles. The van der Waals surface area contributed by atoms with Crippen molar-refractivity contribution in [2.24, 2.45) is 0 Å². The van der Waals surface area contributed by atoms with Crippen molar-refractivity contribution in [3.63, 3.8) is 0 Å². The maximum atomic E-state index is 12.7. The molecule has 3 aromatic heterocycles. The van der Waals surface area contributed by atoms with Gasteiger partial charge in [-0.25, -0.2) is 4.98 Å². The van der Waals surface area contributed by atoms with Gasteiger partial charge in [0, 0.05) is 28.9 Å². The maximum absolute atomic E-state index is 12.7. The second-order valence-corrected chi connectivity index (χ2v) is 8.36. The van der Waals surface area contributed by atoms with Crippen LogP contribution in [0.2, 0.25) is 0 Å². The van der Waals surface area contributed by atoms with Crippen LogP contribution in [0.4, 0.5) is 0 Å². The Morgan fingerprint density at radius 2 is 1.87 bits per heavy atom. The van der Waals surface area contributed by atoms with Crippen LogP contribution in [0.15, 0.2) is 75.3 Å². The fraction of sp³-hybridized carbons (Fsp3) is 0.167. The van der Waals surface area contributed by atoms with Gasteiger partial charge >= 0.3 is 0 Å². The number of furan rings is 1. The molecule has 7 heteroatoms. The van der Waals surface area contributed by atoms with Gasteiger partial charge in [-0.05, 0) is 29.6 Å². The second-order valence-electron chi connectivity index (χ2n) is 7.32. The molecule has 0 spiro atoms. The Hall–Kier alpha value is -3.42. The molecule has 0 atom stereocenters. The summed E-state index contributed by atoms with van der Waals surface area (Å²) in [6.07, 6.45) is 0. The molecule has 0 saturated carbocycles. The highest BCUT2D eigenvalue weighted by molar-refractivity contribution is 7.09. The third kappa shape index (κ3) is 3.97. The number of benzene rings is 2. The van der Waals surface area contributed by atoms with Gasteiger partial charge in [-0.15, -0.1) is 11.3 Å². The second kappa shape index (κ2) is 8.37. The summed E-state index contributed by atoms with van der Waals surface area (Å²) in [4.78, 5) is 23.9. The third-order valence-electron chi connectivity index (χ3n) is 5.20. The average Bonchev–Trinajstić information content (AvgIpc) is 3.42. The van der Waals surface area contributed by atoms with Gasteiger partial charge in [-0.1, -0.05) is 36.4 Å². The molecule has 0 aliphatic rings. The Balaban J connectivity index is 1.51. The molecule has 31 heavy (non-hydrogen) atoms. The zero-order chi connectivity index (χ0) is 21.2. The molecule has 0 aliphatic carbocycles. The van der Waals surface area contributed by atoms with Crippen LogP contribution in [0.1, 0.15) is 16.3 Å². The molecule has 0 saturated heterocycles. The van der Waals surface area contributed by atoms with E-state index < -0.39 is 0 Å². The van der Waals surface area contributed by atoms with E-state index in [-0.39, 0.29) is 11.1 Å². The minimum atomic E-state index is -0.260. The quantitative estimate of drug-likeness (QED) is 0.395. The first-order chi connectivity index (χ1) is 15.2. The number of ether oxygens (including phenoxy) is 1. The molecule has 0 amide bonds. The van der Waals surface area contributed by atoms with Gasteiger partial charge in [0.15, 0.2) is 0 Å². The topological polar surface area (TPSA) is 71.4 Å². The number of para-hydroxylation sites is 2. The van der Waals surface area contributed by atoms with Gasteiger partial charge in [0.1, 0.15) is 22.7 Å². The highest BCUT2D eigenvalue weighted by Gasteiger charge is 2.17. The van der Waals surface area contributed by atoms with Crippen LogP contribution in [-0.4, -0.2) is 22.0 Å². The summed E-state index contributed by atoms with van der Waals surface area (Å²) in [5.41, 5.74) is 2.35. The van der Waals surface area contributed by atoms with E-state index in [0.29, 0.717) is 30.0 Å². The predicted octanol–water partition coefficient (Wildman–Crippen LogP) is 4.94. The van der Waals surface area contributed by atoms with Crippen molar-refractivity contribution in [2.45, 2.75) is 19.6 Å².